The largest absolute Gasteiger partial charge is 0.458 e. The first kappa shape index (κ1) is 19.9. The molecular weight excluding hydrogens is 266 g/mol. The maximum Gasteiger partial charge on any atom is 0.329 e. The van der Waals surface area contributed by atoms with Gasteiger partial charge in [-0.15, -0.1) is 0 Å². The second kappa shape index (κ2) is 9.80. The Kier molecular flexibility index (Phi) is 9.31. The van der Waals surface area contributed by atoms with Crippen molar-refractivity contribution in [1.82, 2.24) is 5.32 Å². The minimum atomic E-state index is -0.563. The van der Waals surface area contributed by atoms with Crippen molar-refractivity contribution in [3.63, 3.8) is 0 Å². The van der Waals surface area contributed by atoms with Gasteiger partial charge in [-0.05, 0) is 33.1 Å². The first-order valence-corrected chi connectivity index (χ1v) is 8.19. The average molecular weight is 299 g/mol. The zero-order chi connectivity index (χ0) is 16.5. The molecule has 0 spiro atoms. The standard InChI is InChI=1S/C17H33NO3/c1-7-8-9-10-11-12-14(19)18-15(13(2)3)16(20)21-17(4,5)6/h13,15H,7-12H2,1-6H3,(H,18,19)/t15-/m0/s1. The van der Waals surface area contributed by atoms with Crippen LogP contribution in [0.2, 0.25) is 0 Å². The van der Waals surface area contributed by atoms with E-state index in [2.05, 4.69) is 12.2 Å². The predicted octanol–water partition coefficient (Wildman–Crippen LogP) is 3.83. The minimum absolute atomic E-state index is 0.0175. The minimum Gasteiger partial charge on any atom is -0.458 e. The summed E-state index contributed by atoms with van der Waals surface area (Å²) in [6.07, 6.45) is 6.01. The van der Waals surface area contributed by atoms with Gasteiger partial charge < -0.3 is 10.1 Å². The second-order valence-electron chi connectivity index (χ2n) is 6.99. The molecule has 0 rings (SSSR count). The van der Waals surface area contributed by atoms with E-state index in [0.717, 1.165) is 12.8 Å². The quantitative estimate of drug-likeness (QED) is 0.520. The maximum absolute atomic E-state index is 12.1. The fourth-order valence-electron chi connectivity index (χ4n) is 2.00. The van der Waals surface area contributed by atoms with Crippen LogP contribution in [0.15, 0.2) is 0 Å². The number of ether oxygens (including phenoxy) is 1. The summed E-state index contributed by atoms with van der Waals surface area (Å²) in [7, 11) is 0. The normalized spacial score (nSPS) is 13.1. The summed E-state index contributed by atoms with van der Waals surface area (Å²) < 4.78 is 5.37. The highest BCUT2D eigenvalue weighted by atomic mass is 16.6. The Labute approximate surface area is 130 Å². The van der Waals surface area contributed by atoms with E-state index >= 15 is 0 Å². The van der Waals surface area contributed by atoms with E-state index in [4.69, 9.17) is 4.74 Å². The van der Waals surface area contributed by atoms with E-state index < -0.39 is 11.6 Å². The van der Waals surface area contributed by atoms with E-state index in [1.807, 2.05) is 34.6 Å². The van der Waals surface area contributed by atoms with E-state index in [1.54, 1.807) is 0 Å². The molecule has 1 N–H and O–H groups in total. The maximum atomic E-state index is 12.1. The zero-order valence-corrected chi connectivity index (χ0v) is 14.6. The zero-order valence-electron chi connectivity index (χ0n) is 14.6. The molecule has 4 heteroatoms. The number of hydrogen-bond donors (Lipinski definition) is 1. The van der Waals surface area contributed by atoms with E-state index in [-0.39, 0.29) is 17.8 Å². The fraction of sp³-hybridized carbons (Fsp3) is 0.882. The molecule has 4 nitrogen and oxygen atoms in total. The van der Waals surface area contributed by atoms with Gasteiger partial charge in [-0.2, -0.15) is 0 Å². The first-order valence-electron chi connectivity index (χ1n) is 8.19. The van der Waals surface area contributed by atoms with Crippen LogP contribution in [0.4, 0.5) is 0 Å². The second-order valence-corrected chi connectivity index (χ2v) is 6.99. The highest BCUT2D eigenvalue weighted by molar-refractivity contribution is 5.84. The number of esters is 1. The van der Waals surface area contributed by atoms with Crippen LogP contribution in [0.5, 0.6) is 0 Å². The van der Waals surface area contributed by atoms with E-state index in [0.29, 0.717) is 6.42 Å². The Morgan fingerprint density at radius 3 is 2.10 bits per heavy atom. The van der Waals surface area contributed by atoms with Gasteiger partial charge in [0.2, 0.25) is 5.91 Å². The Morgan fingerprint density at radius 2 is 1.62 bits per heavy atom. The monoisotopic (exact) mass is 299 g/mol. The Bertz CT molecular complexity index is 318. The van der Waals surface area contributed by atoms with Crippen molar-refractivity contribution < 1.29 is 14.3 Å². The molecule has 0 heterocycles. The molecule has 0 aromatic carbocycles. The van der Waals surface area contributed by atoms with Gasteiger partial charge in [-0.1, -0.05) is 46.5 Å². The SMILES string of the molecule is CCCCCCCC(=O)N[C@H](C(=O)OC(C)(C)C)C(C)C. The number of hydrogen-bond acceptors (Lipinski definition) is 3. The van der Waals surface area contributed by atoms with Gasteiger partial charge in [0.15, 0.2) is 0 Å². The Hall–Kier alpha value is -1.06. The Morgan fingerprint density at radius 1 is 1.05 bits per heavy atom. The van der Waals surface area contributed by atoms with Gasteiger partial charge in [-0.3, -0.25) is 4.79 Å². The van der Waals surface area contributed by atoms with Crippen LogP contribution >= 0.6 is 0 Å². The lowest BCUT2D eigenvalue weighted by Crippen LogP contribution is -2.47. The number of rotatable bonds is 9. The van der Waals surface area contributed by atoms with Crippen molar-refractivity contribution >= 4 is 11.9 Å². The number of carbonyl (C=O) groups excluding carboxylic acids is 2. The summed E-state index contributed by atoms with van der Waals surface area (Å²) in [6.45, 7) is 11.5. The molecule has 21 heavy (non-hydrogen) atoms. The number of amides is 1. The third-order valence-corrected chi connectivity index (χ3v) is 3.15. The van der Waals surface area contributed by atoms with Gasteiger partial charge in [0, 0.05) is 6.42 Å². The number of unbranched alkanes of at least 4 members (excludes halogenated alkanes) is 4. The summed E-state index contributed by atoms with van der Waals surface area (Å²) in [5.74, 6) is -0.392. The molecular formula is C17H33NO3. The molecule has 0 saturated carbocycles. The van der Waals surface area contributed by atoms with Crippen LogP contribution in [0.25, 0.3) is 0 Å². The fourth-order valence-corrected chi connectivity index (χ4v) is 2.00. The smallest absolute Gasteiger partial charge is 0.329 e. The molecule has 1 amide bonds. The molecule has 0 radical (unpaired) electrons. The number of carbonyl (C=O) groups is 2. The lowest BCUT2D eigenvalue weighted by atomic mass is 10.0. The van der Waals surface area contributed by atoms with Gasteiger partial charge >= 0.3 is 5.97 Å². The Balaban J connectivity index is 4.25. The summed E-state index contributed by atoms with van der Waals surface area (Å²) in [6, 6.07) is -0.563. The van der Waals surface area contributed by atoms with Crippen molar-refractivity contribution in [2.45, 2.75) is 91.7 Å². The predicted molar refractivity (Wildman–Crippen MR) is 86.0 cm³/mol. The van der Waals surface area contributed by atoms with Crippen LogP contribution < -0.4 is 5.32 Å². The molecule has 0 saturated heterocycles. The van der Waals surface area contributed by atoms with Gasteiger partial charge in [0.25, 0.3) is 0 Å². The van der Waals surface area contributed by atoms with Crippen LogP contribution in [0.3, 0.4) is 0 Å². The third kappa shape index (κ3) is 10.3. The average Bonchev–Trinajstić information content (AvgIpc) is 2.33. The van der Waals surface area contributed by atoms with E-state index in [1.165, 1.54) is 19.3 Å². The summed E-state index contributed by atoms with van der Waals surface area (Å²) >= 11 is 0. The molecule has 0 fully saturated rings. The van der Waals surface area contributed by atoms with Crippen LogP contribution in [-0.4, -0.2) is 23.5 Å². The van der Waals surface area contributed by atoms with Crippen molar-refractivity contribution in [3.8, 4) is 0 Å². The van der Waals surface area contributed by atoms with Gasteiger partial charge in [-0.25, -0.2) is 4.79 Å². The van der Waals surface area contributed by atoms with Crippen LogP contribution in [-0.2, 0) is 14.3 Å². The summed E-state index contributed by atoms with van der Waals surface area (Å²) in [5.41, 5.74) is -0.533. The molecule has 0 aliphatic carbocycles. The summed E-state index contributed by atoms with van der Waals surface area (Å²) in [4.78, 5) is 24.1. The highest BCUT2D eigenvalue weighted by Gasteiger charge is 2.28. The topological polar surface area (TPSA) is 55.4 Å². The molecule has 0 aromatic rings. The third-order valence-electron chi connectivity index (χ3n) is 3.15. The lowest BCUT2D eigenvalue weighted by molar-refractivity contribution is -0.160. The van der Waals surface area contributed by atoms with Gasteiger partial charge in [0.05, 0.1) is 0 Å². The molecule has 1 atom stereocenters. The van der Waals surface area contributed by atoms with Crippen molar-refractivity contribution in [3.05, 3.63) is 0 Å². The molecule has 0 unspecified atom stereocenters. The summed E-state index contributed by atoms with van der Waals surface area (Å²) in [5, 5.41) is 2.82. The molecule has 0 aliphatic rings. The van der Waals surface area contributed by atoms with Crippen molar-refractivity contribution in [2.24, 2.45) is 5.92 Å². The number of nitrogens with one attached hydrogen (secondary N) is 1. The molecule has 0 aliphatic heterocycles. The van der Waals surface area contributed by atoms with Crippen molar-refractivity contribution in [1.29, 1.82) is 0 Å². The highest BCUT2D eigenvalue weighted by Crippen LogP contribution is 2.13. The molecule has 0 bridgehead atoms. The lowest BCUT2D eigenvalue weighted by Gasteiger charge is -2.26. The molecule has 0 aromatic heterocycles. The van der Waals surface area contributed by atoms with Crippen LogP contribution in [0, 0.1) is 5.92 Å². The van der Waals surface area contributed by atoms with Crippen LogP contribution in [0.1, 0.15) is 80.1 Å². The van der Waals surface area contributed by atoms with Crippen molar-refractivity contribution in [2.75, 3.05) is 0 Å². The van der Waals surface area contributed by atoms with Gasteiger partial charge in [0.1, 0.15) is 11.6 Å². The first-order chi connectivity index (χ1) is 9.67. The van der Waals surface area contributed by atoms with E-state index in [9.17, 15) is 9.59 Å². The molecule has 124 valence electrons.